The van der Waals surface area contributed by atoms with Crippen LogP contribution >= 0.6 is 0 Å². The number of amides is 1. The van der Waals surface area contributed by atoms with E-state index in [-0.39, 0.29) is 11.9 Å². The van der Waals surface area contributed by atoms with Crippen molar-refractivity contribution in [3.8, 4) is 0 Å². The Labute approximate surface area is 109 Å². The van der Waals surface area contributed by atoms with Crippen molar-refractivity contribution in [2.45, 2.75) is 31.8 Å². The van der Waals surface area contributed by atoms with Crippen LogP contribution in [-0.2, 0) is 9.53 Å². The zero-order chi connectivity index (χ0) is 13.0. The van der Waals surface area contributed by atoms with E-state index in [0.717, 1.165) is 32.7 Å². The van der Waals surface area contributed by atoms with Crippen LogP contribution in [0, 0.1) is 5.92 Å². The Bertz CT molecular complexity index is 279. The Kier molecular flexibility index (Phi) is 4.97. The van der Waals surface area contributed by atoms with E-state index in [2.05, 4.69) is 29.5 Å². The maximum absolute atomic E-state index is 12.0. The van der Waals surface area contributed by atoms with E-state index in [0.29, 0.717) is 25.0 Å². The van der Waals surface area contributed by atoms with Gasteiger partial charge in [0.05, 0.1) is 13.2 Å². The van der Waals surface area contributed by atoms with Crippen molar-refractivity contribution in [3.05, 3.63) is 0 Å². The van der Waals surface area contributed by atoms with E-state index < -0.39 is 0 Å². The number of piperidine rings is 1. The number of nitrogens with one attached hydrogen (secondary N) is 2. The number of nitrogens with zero attached hydrogens (tertiary/aromatic N) is 1. The van der Waals surface area contributed by atoms with Gasteiger partial charge in [0.25, 0.3) is 0 Å². The zero-order valence-corrected chi connectivity index (χ0v) is 11.4. The predicted octanol–water partition coefficient (Wildman–Crippen LogP) is -0.179. The molecule has 0 aromatic carbocycles. The van der Waals surface area contributed by atoms with E-state index in [1.54, 1.807) is 0 Å². The fourth-order valence-corrected chi connectivity index (χ4v) is 2.81. The van der Waals surface area contributed by atoms with Gasteiger partial charge in [0.2, 0.25) is 5.91 Å². The number of ether oxygens (including phenoxy) is 1. The quantitative estimate of drug-likeness (QED) is 0.735. The monoisotopic (exact) mass is 255 g/mol. The fourth-order valence-electron chi connectivity index (χ4n) is 2.81. The van der Waals surface area contributed by atoms with Crippen molar-refractivity contribution in [2.75, 3.05) is 39.9 Å². The van der Waals surface area contributed by atoms with Crippen LogP contribution in [0.4, 0.5) is 0 Å². The molecule has 0 saturated carbocycles. The number of morpholine rings is 1. The zero-order valence-electron chi connectivity index (χ0n) is 11.4. The molecule has 0 radical (unpaired) electrons. The molecule has 1 amide bonds. The number of rotatable bonds is 3. The first-order chi connectivity index (χ1) is 8.65. The molecule has 0 spiro atoms. The summed E-state index contributed by atoms with van der Waals surface area (Å²) in [5.41, 5.74) is 0. The highest BCUT2D eigenvalue weighted by atomic mass is 16.5. The van der Waals surface area contributed by atoms with Crippen LogP contribution in [0.15, 0.2) is 0 Å². The maximum atomic E-state index is 12.0. The molecule has 3 atom stereocenters. The van der Waals surface area contributed by atoms with Crippen LogP contribution < -0.4 is 10.6 Å². The lowest BCUT2D eigenvalue weighted by Crippen LogP contribution is -2.51. The molecule has 2 aliphatic heterocycles. The summed E-state index contributed by atoms with van der Waals surface area (Å²) in [6, 6.07) is 0.513. The van der Waals surface area contributed by atoms with Gasteiger partial charge in [-0.2, -0.15) is 0 Å². The largest absolute Gasteiger partial charge is 0.378 e. The van der Waals surface area contributed by atoms with Gasteiger partial charge >= 0.3 is 0 Å². The Morgan fingerprint density at radius 1 is 1.56 bits per heavy atom. The predicted molar refractivity (Wildman–Crippen MR) is 70.4 cm³/mol. The lowest BCUT2D eigenvalue weighted by molar-refractivity contribution is -0.123. The number of hydrogen-bond donors (Lipinski definition) is 2. The summed E-state index contributed by atoms with van der Waals surface area (Å²) in [5.74, 6) is 0.683. The Morgan fingerprint density at radius 2 is 2.39 bits per heavy atom. The summed E-state index contributed by atoms with van der Waals surface area (Å²) in [4.78, 5) is 14.3. The average Bonchev–Trinajstić information content (AvgIpc) is 2.34. The molecule has 2 rings (SSSR count). The van der Waals surface area contributed by atoms with Crippen molar-refractivity contribution in [1.82, 2.24) is 15.5 Å². The topological polar surface area (TPSA) is 53.6 Å². The minimum absolute atomic E-state index is 0.152. The highest BCUT2D eigenvalue weighted by Crippen LogP contribution is 2.15. The van der Waals surface area contributed by atoms with Crippen LogP contribution in [-0.4, -0.2) is 62.8 Å². The summed E-state index contributed by atoms with van der Waals surface area (Å²) >= 11 is 0. The minimum atomic E-state index is 0.152. The van der Waals surface area contributed by atoms with Gasteiger partial charge in [-0.15, -0.1) is 0 Å². The molecule has 0 aliphatic carbocycles. The molecule has 2 fully saturated rings. The number of hydrogen-bond acceptors (Lipinski definition) is 4. The first-order valence-corrected chi connectivity index (χ1v) is 6.94. The van der Waals surface area contributed by atoms with Gasteiger partial charge in [-0.25, -0.2) is 0 Å². The van der Waals surface area contributed by atoms with Crippen molar-refractivity contribution in [1.29, 1.82) is 0 Å². The van der Waals surface area contributed by atoms with Crippen LogP contribution in [0.1, 0.15) is 19.8 Å². The van der Waals surface area contributed by atoms with E-state index in [4.69, 9.17) is 4.74 Å². The molecular weight excluding hydrogens is 230 g/mol. The van der Waals surface area contributed by atoms with Crippen LogP contribution in [0.2, 0.25) is 0 Å². The summed E-state index contributed by atoms with van der Waals surface area (Å²) in [5, 5.41) is 6.49. The molecular formula is C13H25N3O2. The van der Waals surface area contributed by atoms with Gasteiger partial charge in [0.15, 0.2) is 0 Å². The standard InChI is InChI=1S/C13H25N3O2/c1-10-8-16(2)5-3-12(10)15-13(17)7-11-9-18-6-4-14-11/h10-12,14H,3-9H2,1-2H3,(H,15,17). The number of likely N-dealkylation sites (tertiary alicyclic amines) is 1. The summed E-state index contributed by atoms with van der Waals surface area (Å²) in [7, 11) is 2.14. The minimum Gasteiger partial charge on any atom is -0.378 e. The number of carbonyl (C=O) groups excluding carboxylic acids is 1. The third kappa shape index (κ3) is 3.93. The van der Waals surface area contributed by atoms with Gasteiger partial charge in [-0.1, -0.05) is 6.92 Å². The van der Waals surface area contributed by atoms with Crippen molar-refractivity contribution < 1.29 is 9.53 Å². The second-order valence-corrected chi connectivity index (χ2v) is 5.63. The molecule has 2 aliphatic rings. The summed E-state index contributed by atoms with van der Waals surface area (Å²) in [6.45, 7) is 6.60. The van der Waals surface area contributed by atoms with Gasteiger partial charge in [-0.05, 0) is 25.9 Å². The van der Waals surface area contributed by atoms with E-state index in [1.807, 2.05) is 0 Å². The lowest BCUT2D eigenvalue weighted by Gasteiger charge is -2.35. The smallest absolute Gasteiger partial charge is 0.221 e. The molecule has 2 heterocycles. The molecule has 2 N–H and O–H groups in total. The molecule has 2 saturated heterocycles. The number of carbonyl (C=O) groups is 1. The van der Waals surface area contributed by atoms with Crippen LogP contribution in [0.25, 0.3) is 0 Å². The second-order valence-electron chi connectivity index (χ2n) is 5.63. The van der Waals surface area contributed by atoms with Crippen molar-refractivity contribution in [2.24, 2.45) is 5.92 Å². The molecule has 0 aromatic heterocycles. The Balaban J connectivity index is 1.73. The molecule has 5 heteroatoms. The molecule has 0 aromatic rings. The molecule has 18 heavy (non-hydrogen) atoms. The van der Waals surface area contributed by atoms with Crippen molar-refractivity contribution in [3.63, 3.8) is 0 Å². The lowest BCUT2D eigenvalue weighted by atomic mass is 9.94. The van der Waals surface area contributed by atoms with Crippen molar-refractivity contribution >= 4 is 5.91 Å². The molecule has 104 valence electrons. The first-order valence-electron chi connectivity index (χ1n) is 6.94. The summed E-state index contributed by atoms with van der Waals surface area (Å²) < 4.78 is 5.36. The molecule has 3 unspecified atom stereocenters. The third-order valence-electron chi connectivity index (χ3n) is 3.88. The fraction of sp³-hybridized carbons (Fsp3) is 0.923. The first kappa shape index (κ1) is 13.8. The Hall–Kier alpha value is -0.650. The molecule has 5 nitrogen and oxygen atoms in total. The molecule has 0 bridgehead atoms. The highest BCUT2D eigenvalue weighted by Gasteiger charge is 2.26. The van der Waals surface area contributed by atoms with E-state index in [9.17, 15) is 4.79 Å². The van der Waals surface area contributed by atoms with Gasteiger partial charge in [0, 0.05) is 31.6 Å². The van der Waals surface area contributed by atoms with E-state index >= 15 is 0 Å². The average molecular weight is 255 g/mol. The second kappa shape index (κ2) is 6.50. The third-order valence-corrected chi connectivity index (χ3v) is 3.88. The van der Waals surface area contributed by atoms with E-state index in [1.165, 1.54) is 0 Å². The van der Waals surface area contributed by atoms with Gasteiger partial charge < -0.3 is 20.3 Å². The Morgan fingerprint density at radius 3 is 3.06 bits per heavy atom. The van der Waals surface area contributed by atoms with Gasteiger partial charge in [-0.3, -0.25) is 4.79 Å². The van der Waals surface area contributed by atoms with Crippen LogP contribution in [0.3, 0.4) is 0 Å². The SMILES string of the molecule is CC1CN(C)CCC1NC(=O)CC1COCCN1. The maximum Gasteiger partial charge on any atom is 0.221 e. The highest BCUT2D eigenvalue weighted by molar-refractivity contribution is 5.77. The van der Waals surface area contributed by atoms with Gasteiger partial charge in [0.1, 0.15) is 0 Å². The summed E-state index contributed by atoms with van der Waals surface area (Å²) in [6.07, 6.45) is 1.58. The van der Waals surface area contributed by atoms with Crippen LogP contribution in [0.5, 0.6) is 0 Å². The normalized spacial score (nSPS) is 34.2.